The molecule has 2 aromatic rings. The first-order chi connectivity index (χ1) is 11.5. The van der Waals surface area contributed by atoms with Gasteiger partial charge in [-0.15, -0.1) is 0 Å². The number of amides is 2. The molecule has 5 nitrogen and oxygen atoms in total. The molecular formula is C17H16F2N2O3. The second kappa shape index (κ2) is 8.05. The summed E-state index contributed by atoms with van der Waals surface area (Å²) in [5.41, 5.74) is 1.54. The SMILES string of the molecule is CNC(=O)c1ccc(CNC(=O)c2cccc(OC(F)F)c2)cc1. The molecule has 0 spiro atoms. The summed E-state index contributed by atoms with van der Waals surface area (Å²) in [7, 11) is 1.54. The zero-order valence-corrected chi connectivity index (χ0v) is 12.9. The first kappa shape index (κ1) is 17.4. The van der Waals surface area contributed by atoms with Crippen molar-refractivity contribution in [2.24, 2.45) is 0 Å². The molecule has 126 valence electrons. The molecule has 2 aromatic carbocycles. The highest BCUT2D eigenvalue weighted by Crippen LogP contribution is 2.16. The molecule has 24 heavy (non-hydrogen) atoms. The Balaban J connectivity index is 1.96. The van der Waals surface area contributed by atoms with Crippen LogP contribution in [0, 0.1) is 0 Å². The van der Waals surface area contributed by atoms with E-state index in [-0.39, 0.29) is 23.8 Å². The van der Waals surface area contributed by atoms with Crippen LogP contribution in [0.3, 0.4) is 0 Å². The molecule has 0 saturated carbocycles. The van der Waals surface area contributed by atoms with Gasteiger partial charge in [-0.2, -0.15) is 8.78 Å². The Bertz CT molecular complexity index is 718. The second-order valence-electron chi connectivity index (χ2n) is 4.87. The number of benzene rings is 2. The average molecular weight is 334 g/mol. The van der Waals surface area contributed by atoms with E-state index in [1.165, 1.54) is 24.3 Å². The van der Waals surface area contributed by atoms with Crippen LogP contribution in [0.1, 0.15) is 26.3 Å². The standard InChI is InChI=1S/C17H16F2N2O3/c1-20-15(22)12-7-5-11(6-8-12)10-21-16(23)13-3-2-4-14(9-13)24-17(18)19/h2-9,17H,10H2,1H3,(H,20,22)(H,21,23). The molecular weight excluding hydrogens is 318 g/mol. The Kier molecular flexibility index (Phi) is 5.83. The third kappa shape index (κ3) is 4.77. The fourth-order valence-corrected chi connectivity index (χ4v) is 2.02. The second-order valence-corrected chi connectivity index (χ2v) is 4.87. The number of alkyl halides is 2. The Morgan fingerprint density at radius 1 is 1.04 bits per heavy atom. The van der Waals surface area contributed by atoms with Gasteiger partial charge < -0.3 is 15.4 Å². The molecule has 0 radical (unpaired) electrons. The van der Waals surface area contributed by atoms with E-state index in [4.69, 9.17) is 0 Å². The van der Waals surface area contributed by atoms with Gasteiger partial charge in [0.1, 0.15) is 5.75 Å². The van der Waals surface area contributed by atoms with Crippen molar-refractivity contribution in [2.45, 2.75) is 13.2 Å². The molecule has 2 rings (SSSR count). The van der Waals surface area contributed by atoms with Gasteiger partial charge in [-0.3, -0.25) is 9.59 Å². The lowest BCUT2D eigenvalue weighted by Gasteiger charge is -2.08. The van der Waals surface area contributed by atoms with E-state index < -0.39 is 12.5 Å². The monoisotopic (exact) mass is 334 g/mol. The quantitative estimate of drug-likeness (QED) is 0.853. The van der Waals surface area contributed by atoms with E-state index in [1.807, 2.05) is 0 Å². The lowest BCUT2D eigenvalue weighted by atomic mass is 10.1. The molecule has 7 heteroatoms. The number of carbonyl (C=O) groups excluding carboxylic acids is 2. The zero-order chi connectivity index (χ0) is 17.5. The lowest BCUT2D eigenvalue weighted by Crippen LogP contribution is -2.23. The summed E-state index contributed by atoms with van der Waals surface area (Å²) < 4.78 is 28.6. The van der Waals surface area contributed by atoms with E-state index in [9.17, 15) is 18.4 Å². The number of nitrogens with one attached hydrogen (secondary N) is 2. The van der Waals surface area contributed by atoms with Gasteiger partial charge in [0.15, 0.2) is 0 Å². The molecule has 0 unspecified atom stereocenters. The van der Waals surface area contributed by atoms with Crippen molar-refractivity contribution in [1.82, 2.24) is 10.6 Å². The molecule has 0 fully saturated rings. The van der Waals surface area contributed by atoms with Crippen LogP contribution >= 0.6 is 0 Å². The van der Waals surface area contributed by atoms with E-state index in [0.717, 1.165) is 5.56 Å². The van der Waals surface area contributed by atoms with E-state index >= 15 is 0 Å². The summed E-state index contributed by atoms with van der Waals surface area (Å²) in [6.07, 6.45) is 0. The van der Waals surface area contributed by atoms with Crippen molar-refractivity contribution < 1.29 is 23.1 Å². The van der Waals surface area contributed by atoms with Gasteiger partial charge >= 0.3 is 6.61 Å². The lowest BCUT2D eigenvalue weighted by molar-refractivity contribution is -0.0498. The molecule has 0 atom stereocenters. The molecule has 0 aliphatic carbocycles. The summed E-state index contributed by atoms with van der Waals surface area (Å²) >= 11 is 0. The fraction of sp³-hybridized carbons (Fsp3) is 0.176. The first-order valence-electron chi connectivity index (χ1n) is 7.13. The number of hydrogen-bond acceptors (Lipinski definition) is 3. The van der Waals surface area contributed by atoms with Crippen LogP contribution in [-0.2, 0) is 6.54 Å². The summed E-state index contributed by atoms with van der Waals surface area (Å²) in [6, 6.07) is 12.3. The van der Waals surface area contributed by atoms with Crippen LogP contribution < -0.4 is 15.4 Å². The van der Waals surface area contributed by atoms with E-state index in [2.05, 4.69) is 15.4 Å². The van der Waals surface area contributed by atoms with Crippen LogP contribution in [-0.4, -0.2) is 25.5 Å². The molecule has 0 aliphatic heterocycles. The minimum atomic E-state index is -2.94. The molecule has 0 saturated heterocycles. The largest absolute Gasteiger partial charge is 0.435 e. The third-order valence-corrected chi connectivity index (χ3v) is 3.22. The Labute approximate surface area is 137 Å². The Morgan fingerprint density at radius 2 is 1.75 bits per heavy atom. The Morgan fingerprint density at radius 3 is 2.38 bits per heavy atom. The predicted molar refractivity (Wildman–Crippen MR) is 84.1 cm³/mol. The van der Waals surface area contributed by atoms with Gasteiger partial charge in [0, 0.05) is 24.7 Å². The van der Waals surface area contributed by atoms with E-state index in [0.29, 0.717) is 5.56 Å². The van der Waals surface area contributed by atoms with Crippen molar-refractivity contribution in [3.8, 4) is 5.75 Å². The molecule has 0 aliphatic rings. The normalized spacial score (nSPS) is 10.3. The van der Waals surface area contributed by atoms with Crippen molar-refractivity contribution in [1.29, 1.82) is 0 Å². The fourth-order valence-electron chi connectivity index (χ4n) is 2.02. The van der Waals surface area contributed by atoms with E-state index in [1.54, 1.807) is 31.3 Å². The average Bonchev–Trinajstić information content (AvgIpc) is 2.59. The molecule has 2 N–H and O–H groups in total. The first-order valence-corrected chi connectivity index (χ1v) is 7.13. The summed E-state index contributed by atoms with van der Waals surface area (Å²) in [5.74, 6) is -0.681. The van der Waals surface area contributed by atoms with Crippen LogP contribution in [0.25, 0.3) is 0 Å². The van der Waals surface area contributed by atoms with Gasteiger partial charge in [0.25, 0.3) is 11.8 Å². The molecule has 0 aromatic heterocycles. The number of rotatable bonds is 6. The predicted octanol–water partition coefficient (Wildman–Crippen LogP) is 2.58. The number of carbonyl (C=O) groups is 2. The maximum atomic E-state index is 12.2. The summed E-state index contributed by atoms with van der Waals surface area (Å²) in [5, 5.41) is 5.19. The van der Waals surface area contributed by atoms with Crippen molar-refractivity contribution in [2.75, 3.05) is 7.05 Å². The van der Waals surface area contributed by atoms with Gasteiger partial charge in [0.2, 0.25) is 0 Å². The molecule has 0 heterocycles. The third-order valence-electron chi connectivity index (χ3n) is 3.22. The molecule has 2 amide bonds. The topological polar surface area (TPSA) is 67.4 Å². The Hall–Kier alpha value is -2.96. The van der Waals surface area contributed by atoms with Crippen LogP contribution in [0.15, 0.2) is 48.5 Å². The van der Waals surface area contributed by atoms with Crippen LogP contribution in [0.5, 0.6) is 5.75 Å². The summed E-state index contributed by atoms with van der Waals surface area (Å²) in [6.45, 7) is -2.70. The van der Waals surface area contributed by atoms with Crippen molar-refractivity contribution in [3.63, 3.8) is 0 Å². The number of hydrogen-bond donors (Lipinski definition) is 2. The van der Waals surface area contributed by atoms with Gasteiger partial charge in [-0.25, -0.2) is 0 Å². The zero-order valence-electron chi connectivity index (χ0n) is 12.9. The molecule has 0 bridgehead atoms. The minimum Gasteiger partial charge on any atom is -0.435 e. The van der Waals surface area contributed by atoms with Crippen LogP contribution in [0.2, 0.25) is 0 Å². The maximum absolute atomic E-state index is 12.2. The number of ether oxygens (including phenoxy) is 1. The highest BCUT2D eigenvalue weighted by atomic mass is 19.3. The maximum Gasteiger partial charge on any atom is 0.387 e. The highest BCUT2D eigenvalue weighted by Gasteiger charge is 2.09. The van der Waals surface area contributed by atoms with Gasteiger partial charge in [-0.05, 0) is 35.9 Å². The highest BCUT2D eigenvalue weighted by molar-refractivity contribution is 5.95. The van der Waals surface area contributed by atoms with Gasteiger partial charge in [-0.1, -0.05) is 18.2 Å². The smallest absolute Gasteiger partial charge is 0.387 e. The van der Waals surface area contributed by atoms with Crippen molar-refractivity contribution in [3.05, 3.63) is 65.2 Å². The van der Waals surface area contributed by atoms with Gasteiger partial charge in [0.05, 0.1) is 0 Å². The minimum absolute atomic E-state index is 0.0763. The number of halogens is 2. The van der Waals surface area contributed by atoms with Crippen molar-refractivity contribution >= 4 is 11.8 Å². The summed E-state index contributed by atoms with van der Waals surface area (Å²) in [4.78, 5) is 23.5. The van der Waals surface area contributed by atoms with Crippen LogP contribution in [0.4, 0.5) is 8.78 Å².